The van der Waals surface area contributed by atoms with Crippen LogP contribution in [0.15, 0.2) is 42.7 Å². The number of pyridine rings is 1. The molecule has 33 heavy (non-hydrogen) atoms. The summed E-state index contributed by atoms with van der Waals surface area (Å²) in [5, 5.41) is 14.4. The second kappa shape index (κ2) is 9.36. The summed E-state index contributed by atoms with van der Waals surface area (Å²) in [6.45, 7) is -1.79. The highest BCUT2D eigenvalue weighted by Gasteiger charge is 2.46. The second-order valence-electron chi connectivity index (χ2n) is 7.95. The number of anilines is 1. The third-order valence-corrected chi connectivity index (χ3v) is 5.58. The van der Waals surface area contributed by atoms with Crippen molar-refractivity contribution in [2.75, 3.05) is 18.5 Å². The summed E-state index contributed by atoms with van der Waals surface area (Å²) in [6, 6.07) is 8.42. The molecule has 1 saturated heterocycles. The van der Waals surface area contributed by atoms with Crippen molar-refractivity contribution in [3.05, 3.63) is 53.9 Å². The van der Waals surface area contributed by atoms with Crippen LogP contribution in [0.3, 0.4) is 0 Å². The maximum atomic E-state index is 12.4. The van der Waals surface area contributed by atoms with Crippen molar-refractivity contribution in [3.8, 4) is 5.75 Å². The molecule has 0 radical (unpaired) electrons. The summed E-state index contributed by atoms with van der Waals surface area (Å²) in [7, 11) is 0. The normalized spacial score (nSPS) is 23.8. The lowest BCUT2D eigenvalue weighted by molar-refractivity contribution is -0.149. The van der Waals surface area contributed by atoms with Crippen LogP contribution in [0.4, 0.5) is 18.9 Å². The number of amides is 2. The molecule has 2 aliphatic heterocycles. The fourth-order valence-corrected chi connectivity index (χ4v) is 4.14. The van der Waals surface area contributed by atoms with Crippen LogP contribution in [0.5, 0.6) is 5.75 Å². The highest BCUT2D eigenvalue weighted by atomic mass is 19.4. The van der Waals surface area contributed by atoms with Gasteiger partial charge in [0, 0.05) is 29.6 Å². The first-order valence-electron chi connectivity index (χ1n) is 10.4. The Kier molecular flexibility index (Phi) is 6.52. The van der Waals surface area contributed by atoms with Crippen molar-refractivity contribution in [1.29, 1.82) is 0 Å². The van der Waals surface area contributed by atoms with Gasteiger partial charge in [-0.2, -0.15) is 13.2 Å². The zero-order chi connectivity index (χ0) is 23.6. The van der Waals surface area contributed by atoms with E-state index in [1.165, 1.54) is 6.20 Å². The van der Waals surface area contributed by atoms with Gasteiger partial charge in [-0.3, -0.25) is 14.6 Å². The van der Waals surface area contributed by atoms with E-state index in [4.69, 9.17) is 9.47 Å². The number of carbonyl (C=O) groups is 2. The SMILES string of the molecule is O=C(C[C@H]1C[C@@H]2c3cc(NC(=O)c4cccnc4)ccc3O[C@@H]2[C@@H](CO)O1)NCC(F)(F)F. The van der Waals surface area contributed by atoms with Gasteiger partial charge in [-0.15, -0.1) is 0 Å². The Morgan fingerprint density at radius 1 is 1.24 bits per heavy atom. The lowest BCUT2D eigenvalue weighted by Crippen LogP contribution is -2.47. The summed E-state index contributed by atoms with van der Waals surface area (Å²) in [6.07, 6.45) is -3.41. The topological polar surface area (TPSA) is 110 Å². The number of aliphatic hydroxyl groups is 1. The number of ether oxygens (including phenoxy) is 2. The largest absolute Gasteiger partial charge is 0.487 e. The number of benzene rings is 1. The van der Waals surface area contributed by atoms with Gasteiger partial charge in [0.1, 0.15) is 24.5 Å². The number of hydrogen-bond donors (Lipinski definition) is 3. The molecule has 1 aromatic carbocycles. The van der Waals surface area contributed by atoms with Crippen LogP contribution in [-0.4, -0.2) is 59.5 Å². The number of aromatic nitrogens is 1. The molecule has 0 spiro atoms. The first-order chi connectivity index (χ1) is 15.7. The molecule has 2 aliphatic rings. The van der Waals surface area contributed by atoms with Gasteiger partial charge in [-0.05, 0) is 36.8 Å². The van der Waals surface area contributed by atoms with Crippen molar-refractivity contribution in [2.24, 2.45) is 0 Å². The van der Waals surface area contributed by atoms with E-state index in [1.807, 2.05) is 5.32 Å². The summed E-state index contributed by atoms with van der Waals surface area (Å²) < 4.78 is 48.8. The molecule has 0 aliphatic carbocycles. The second-order valence-corrected chi connectivity index (χ2v) is 7.95. The molecule has 3 heterocycles. The smallest absolute Gasteiger partial charge is 0.405 e. The molecule has 3 N–H and O–H groups in total. The molecule has 1 fully saturated rings. The molecular formula is C22H22F3N3O5. The van der Waals surface area contributed by atoms with Crippen LogP contribution in [0.1, 0.15) is 34.7 Å². The molecule has 2 amide bonds. The number of aliphatic hydroxyl groups excluding tert-OH is 1. The van der Waals surface area contributed by atoms with Gasteiger partial charge >= 0.3 is 6.18 Å². The maximum absolute atomic E-state index is 12.4. The fourth-order valence-electron chi connectivity index (χ4n) is 4.14. The number of carbonyl (C=O) groups excluding carboxylic acids is 2. The van der Waals surface area contributed by atoms with Crippen LogP contribution >= 0.6 is 0 Å². The molecule has 0 saturated carbocycles. The molecule has 0 bridgehead atoms. The minimum absolute atomic E-state index is 0.262. The van der Waals surface area contributed by atoms with E-state index < -0.39 is 36.9 Å². The van der Waals surface area contributed by atoms with Gasteiger partial charge in [-0.1, -0.05) is 0 Å². The van der Waals surface area contributed by atoms with E-state index in [-0.39, 0.29) is 24.9 Å². The van der Waals surface area contributed by atoms with Gasteiger partial charge < -0.3 is 25.2 Å². The Hall–Kier alpha value is -3.18. The number of halogens is 3. The van der Waals surface area contributed by atoms with E-state index in [0.717, 1.165) is 5.56 Å². The quantitative estimate of drug-likeness (QED) is 0.605. The Bertz CT molecular complexity index is 1020. The van der Waals surface area contributed by atoms with Crippen LogP contribution in [0.2, 0.25) is 0 Å². The molecule has 2 aromatic rings. The van der Waals surface area contributed by atoms with Crippen molar-refractivity contribution in [2.45, 2.75) is 43.2 Å². The number of alkyl halides is 3. The summed E-state index contributed by atoms with van der Waals surface area (Å²) in [5.74, 6) is -0.822. The predicted molar refractivity (Wildman–Crippen MR) is 110 cm³/mol. The third-order valence-electron chi connectivity index (χ3n) is 5.58. The zero-order valence-corrected chi connectivity index (χ0v) is 17.3. The van der Waals surface area contributed by atoms with Crippen molar-refractivity contribution in [1.82, 2.24) is 10.3 Å². The number of rotatable bonds is 6. The lowest BCUT2D eigenvalue weighted by atomic mass is 9.84. The number of nitrogens with zero attached hydrogens (tertiary/aromatic N) is 1. The summed E-state index contributed by atoms with van der Waals surface area (Å²) in [5.41, 5.74) is 1.69. The van der Waals surface area contributed by atoms with Crippen LogP contribution in [0.25, 0.3) is 0 Å². The first kappa shape index (κ1) is 23.0. The lowest BCUT2D eigenvalue weighted by Gasteiger charge is -2.37. The average molecular weight is 465 g/mol. The predicted octanol–water partition coefficient (Wildman–Crippen LogP) is 2.40. The fraction of sp³-hybridized carbons (Fsp3) is 0.409. The molecule has 8 nitrogen and oxygen atoms in total. The Morgan fingerprint density at radius 2 is 2.06 bits per heavy atom. The van der Waals surface area contributed by atoms with E-state index in [1.54, 1.807) is 36.5 Å². The summed E-state index contributed by atoms with van der Waals surface area (Å²) in [4.78, 5) is 28.3. The summed E-state index contributed by atoms with van der Waals surface area (Å²) >= 11 is 0. The van der Waals surface area contributed by atoms with E-state index >= 15 is 0 Å². The number of nitrogens with one attached hydrogen (secondary N) is 2. The monoisotopic (exact) mass is 465 g/mol. The number of fused-ring (bicyclic) bond motifs is 3. The molecule has 11 heteroatoms. The molecule has 1 aromatic heterocycles. The van der Waals surface area contributed by atoms with Gasteiger partial charge in [-0.25, -0.2) is 0 Å². The standard InChI is InChI=1S/C22H22F3N3O5/c23-22(24,25)11-27-19(30)8-14-7-16-15-6-13(28-21(31)12-2-1-5-26-9-12)3-4-17(15)33-20(16)18(10-29)32-14/h1-6,9,14,16,18,20,29H,7-8,10-11H2,(H,27,30)(H,28,31)/t14-,16-,18-,20+/m1/s1. The highest BCUT2D eigenvalue weighted by Crippen LogP contribution is 2.47. The van der Waals surface area contributed by atoms with Gasteiger partial charge in [0.15, 0.2) is 0 Å². The van der Waals surface area contributed by atoms with E-state index in [9.17, 15) is 27.9 Å². The average Bonchev–Trinajstić information content (AvgIpc) is 3.15. The third kappa shape index (κ3) is 5.42. The van der Waals surface area contributed by atoms with Crippen LogP contribution in [0, 0.1) is 0 Å². The van der Waals surface area contributed by atoms with E-state index in [0.29, 0.717) is 23.4 Å². The highest BCUT2D eigenvalue weighted by molar-refractivity contribution is 6.04. The van der Waals surface area contributed by atoms with Gasteiger partial charge in [0.05, 0.1) is 24.7 Å². The first-order valence-corrected chi connectivity index (χ1v) is 10.4. The van der Waals surface area contributed by atoms with Gasteiger partial charge in [0.2, 0.25) is 5.91 Å². The Morgan fingerprint density at radius 3 is 2.76 bits per heavy atom. The van der Waals surface area contributed by atoms with Crippen molar-refractivity contribution in [3.63, 3.8) is 0 Å². The Balaban J connectivity index is 1.47. The molecule has 0 unspecified atom stereocenters. The minimum atomic E-state index is -4.50. The zero-order valence-electron chi connectivity index (χ0n) is 17.3. The van der Waals surface area contributed by atoms with Gasteiger partial charge in [0.25, 0.3) is 5.91 Å². The Labute approximate surface area is 187 Å². The van der Waals surface area contributed by atoms with Crippen LogP contribution < -0.4 is 15.4 Å². The molecular weight excluding hydrogens is 443 g/mol. The molecule has 176 valence electrons. The minimum Gasteiger partial charge on any atom is -0.487 e. The maximum Gasteiger partial charge on any atom is 0.405 e. The van der Waals surface area contributed by atoms with Crippen LogP contribution in [-0.2, 0) is 9.53 Å². The van der Waals surface area contributed by atoms with Crippen molar-refractivity contribution >= 4 is 17.5 Å². The number of hydrogen-bond acceptors (Lipinski definition) is 6. The van der Waals surface area contributed by atoms with Crippen molar-refractivity contribution < 1.29 is 37.3 Å². The molecule has 4 rings (SSSR count). The molecule has 4 atom stereocenters. The van der Waals surface area contributed by atoms with E-state index in [2.05, 4.69) is 10.3 Å².